The van der Waals surface area contributed by atoms with Crippen LogP contribution in [0.5, 0.6) is 0 Å². The molecular formula is C14H8Br2N4O2. The Kier molecular flexibility index (Phi) is 4.55. The minimum atomic E-state index is -0.697. The number of nitrogens with zero attached hydrogens (tertiary/aromatic N) is 3. The molecule has 2 rings (SSSR count). The lowest BCUT2D eigenvalue weighted by molar-refractivity contribution is 0.0593. The summed E-state index contributed by atoms with van der Waals surface area (Å²) in [6.07, 6.45) is 1.40. The van der Waals surface area contributed by atoms with Crippen LogP contribution in [0.3, 0.4) is 0 Å². The van der Waals surface area contributed by atoms with Gasteiger partial charge in [0.2, 0.25) is 0 Å². The number of hydrogen-bond donors (Lipinski definition) is 1. The van der Waals surface area contributed by atoms with E-state index in [1.165, 1.54) is 17.9 Å². The fourth-order valence-corrected chi connectivity index (χ4v) is 3.40. The van der Waals surface area contributed by atoms with Crippen LogP contribution < -0.4 is 5.73 Å². The topological polar surface area (TPSA) is 105 Å². The first-order chi connectivity index (χ1) is 10.4. The van der Waals surface area contributed by atoms with Crippen LogP contribution in [0.4, 0.5) is 5.69 Å². The molecule has 1 aromatic carbocycles. The van der Waals surface area contributed by atoms with Gasteiger partial charge >= 0.3 is 5.97 Å². The van der Waals surface area contributed by atoms with E-state index in [4.69, 9.17) is 15.7 Å². The lowest BCUT2D eigenvalue weighted by Crippen LogP contribution is -2.12. The maximum absolute atomic E-state index is 12.0. The predicted molar refractivity (Wildman–Crippen MR) is 86.4 cm³/mol. The number of rotatable bonds is 2. The first-order valence-corrected chi connectivity index (χ1v) is 7.42. The van der Waals surface area contributed by atoms with Crippen LogP contribution in [0.15, 0.2) is 27.3 Å². The molecule has 1 aromatic heterocycles. The highest BCUT2D eigenvalue weighted by molar-refractivity contribution is 9.11. The van der Waals surface area contributed by atoms with E-state index in [-0.39, 0.29) is 16.9 Å². The van der Waals surface area contributed by atoms with Crippen LogP contribution in [0.25, 0.3) is 5.69 Å². The third kappa shape index (κ3) is 2.59. The SMILES string of the molecule is COC(=O)c1c(N)c(C#N)cn1-c1c(Br)cc(Br)cc1C#N. The fourth-order valence-electron chi connectivity index (χ4n) is 1.99. The number of nitrogens with two attached hydrogens (primary N) is 1. The molecule has 6 nitrogen and oxygen atoms in total. The van der Waals surface area contributed by atoms with Crippen LogP contribution in [0.1, 0.15) is 21.6 Å². The van der Waals surface area contributed by atoms with Gasteiger partial charge in [-0.25, -0.2) is 4.79 Å². The molecule has 8 heteroatoms. The largest absolute Gasteiger partial charge is 0.464 e. The summed E-state index contributed by atoms with van der Waals surface area (Å²) >= 11 is 6.65. The Balaban J connectivity index is 2.88. The Morgan fingerprint density at radius 2 is 1.91 bits per heavy atom. The average Bonchev–Trinajstić information content (AvgIpc) is 2.81. The molecule has 0 spiro atoms. The van der Waals surface area contributed by atoms with Gasteiger partial charge < -0.3 is 15.0 Å². The van der Waals surface area contributed by atoms with Gasteiger partial charge in [-0.3, -0.25) is 0 Å². The van der Waals surface area contributed by atoms with E-state index in [0.29, 0.717) is 20.2 Å². The number of nitriles is 2. The van der Waals surface area contributed by atoms with Crippen molar-refractivity contribution in [2.75, 3.05) is 12.8 Å². The van der Waals surface area contributed by atoms with Crippen molar-refractivity contribution in [2.24, 2.45) is 0 Å². The normalized spacial score (nSPS) is 9.86. The number of ether oxygens (including phenoxy) is 1. The third-order valence-corrected chi connectivity index (χ3v) is 4.00. The number of carbonyl (C=O) groups is 1. The molecule has 0 aliphatic rings. The molecule has 0 saturated carbocycles. The summed E-state index contributed by atoms with van der Waals surface area (Å²) in [4.78, 5) is 12.0. The third-order valence-electron chi connectivity index (χ3n) is 2.93. The van der Waals surface area contributed by atoms with Gasteiger partial charge in [-0.15, -0.1) is 0 Å². The van der Waals surface area contributed by atoms with Crippen LogP contribution >= 0.6 is 31.9 Å². The molecule has 0 unspecified atom stereocenters. The maximum Gasteiger partial charge on any atom is 0.357 e. The summed E-state index contributed by atoms with van der Waals surface area (Å²) < 4.78 is 7.35. The Bertz CT molecular complexity index is 859. The Morgan fingerprint density at radius 1 is 1.27 bits per heavy atom. The van der Waals surface area contributed by atoms with Gasteiger partial charge in [0, 0.05) is 15.1 Å². The van der Waals surface area contributed by atoms with Gasteiger partial charge in [0.05, 0.1) is 29.6 Å². The molecule has 0 saturated heterocycles. The number of carbonyl (C=O) groups excluding carboxylic acids is 1. The maximum atomic E-state index is 12.0. The number of aromatic nitrogens is 1. The molecule has 0 radical (unpaired) electrons. The Morgan fingerprint density at radius 3 is 2.45 bits per heavy atom. The number of nitrogen functional groups attached to an aromatic ring is 1. The van der Waals surface area contributed by atoms with Gasteiger partial charge in [0.15, 0.2) is 5.69 Å². The predicted octanol–water partition coefficient (Wildman–Crippen LogP) is 3.11. The van der Waals surface area contributed by atoms with Crippen molar-refractivity contribution in [1.29, 1.82) is 10.5 Å². The van der Waals surface area contributed by atoms with Gasteiger partial charge in [0.25, 0.3) is 0 Å². The van der Waals surface area contributed by atoms with Gasteiger partial charge in [-0.05, 0) is 28.1 Å². The molecule has 1 heterocycles. The Hall–Kier alpha value is -2.29. The summed E-state index contributed by atoms with van der Waals surface area (Å²) in [7, 11) is 1.22. The highest BCUT2D eigenvalue weighted by Crippen LogP contribution is 2.33. The standard InChI is InChI=1S/C14H8Br2N4O2/c1-22-14(21)13-11(19)8(5-18)6-20(13)12-7(4-17)2-9(15)3-10(12)16/h2-3,6H,19H2,1H3. The summed E-state index contributed by atoms with van der Waals surface area (Å²) in [6, 6.07) is 7.28. The van der Waals surface area contributed by atoms with Crippen molar-refractivity contribution < 1.29 is 9.53 Å². The molecular weight excluding hydrogens is 416 g/mol. The van der Waals surface area contributed by atoms with E-state index in [0.717, 1.165) is 0 Å². The first kappa shape index (κ1) is 16.1. The number of esters is 1. The quantitative estimate of drug-likeness (QED) is 0.747. The van der Waals surface area contributed by atoms with Gasteiger partial charge in [0.1, 0.15) is 12.1 Å². The zero-order chi connectivity index (χ0) is 16.4. The number of benzene rings is 1. The second-order valence-electron chi connectivity index (χ2n) is 4.17. The number of methoxy groups -OCH3 is 1. The highest BCUT2D eigenvalue weighted by atomic mass is 79.9. The second kappa shape index (κ2) is 6.22. The van der Waals surface area contributed by atoms with Crippen LogP contribution in [0.2, 0.25) is 0 Å². The molecule has 2 N–H and O–H groups in total. The Labute approximate surface area is 143 Å². The van der Waals surface area contributed by atoms with E-state index in [2.05, 4.69) is 31.9 Å². The van der Waals surface area contributed by atoms with Crippen molar-refractivity contribution in [3.05, 3.63) is 44.1 Å². The number of hydrogen-bond acceptors (Lipinski definition) is 5. The van der Waals surface area contributed by atoms with Gasteiger partial charge in [-0.1, -0.05) is 15.9 Å². The van der Waals surface area contributed by atoms with Crippen molar-refractivity contribution in [3.63, 3.8) is 0 Å². The number of halogens is 2. The zero-order valence-corrected chi connectivity index (χ0v) is 14.4. The molecule has 0 atom stereocenters. The molecule has 0 fully saturated rings. The lowest BCUT2D eigenvalue weighted by atomic mass is 10.2. The van der Waals surface area contributed by atoms with Crippen molar-refractivity contribution in [1.82, 2.24) is 4.57 Å². The summed E-state index contributed by atoms with van der Waals surface area (Å²) in [6.45, 7) is 0. The zero-order valence-electron chi connectivity index (χ0n) is 11.2. The molecule has 0 amide bonds. The minimum absolute atomic E-state index is 0.00132. The van der Waals surface area contributed by atoms with E-state index in [1.54, 1.807) is 12.1 Å². The smallest absolute Gasteiger partial charge is 0.357 e. The average molecular weight is 424 g/mol. The second-order valence-corrected chi connectivity index (χ2v) is 5.94. The van der Waals surface area contributed by atoms with E-state index >= 15 is 0 Å². The number of anilines is 1. The first-order valence-electron chi connectivity index (χ1n) is 5.83. The molecule has 0 aliphatic heterocycles. The van der Waals surface area contributed by atoms with Crippen LogP contribution in [-0.4, -0.2) is 17.6 Å². The lowest BCUT2D eigenvalue weighted by Gasteiger charge is -2.12. The fraction of sp³-hybridized carbons (Fsp3) is 0.0714. The van der Waals surface area contributed by atoms with Crippen molar-refractivity contribution in [3.8, 4) is 17.8 Å². The summed E-state index contributed by atoms with van der Waals surface area (Å²) in [5, 5.41) is 18.4. The van der Waals surface area contributed by atoms with Crippen molar-refractivity contribution in [2.45, 2.75) is 0 Å². The summed E-state index contributed by atoms with van der Waals surface area (Å²) in [5.41, 5.74) is 6.68. The molecule has 110 valence electrons. The van der Waals surface area contributed by atoms with Crippen LogP contribution in [-0.2, 0) is 4.74 Å². The van der Waals surface area contributed by atoms with Crippen molar-refractivity contribution >= 4 is 43.5 Å². The molecule has 22 heavy (non-hydrogen) atoms. The van der Waals surface area contributed by atoms with E-state index < -0.39 is 5.97 Å². The minimum Gasteiger partial charge on any atom is -0.464 e. The summed E-state index contributed by atoms with van der Waals surface area (Å²) in [5.74, 6) is -0.697. The van der Waals surface area contributed by atoms with E-state index in [9.17, 15) is 10.1 Å². The molecule has 0 aliphatic carbocycles. The molecule has 0 bridgehead atoms. The van der Waals surface area contributed by atoms with Crippen LogP contribution in [0, 0.1) is 22.7 Å². The monoisotopic (exact) mass is 422 g/mol. The van der Waals surface area contributed by atoms with E-state index in [1.807, 2.05) is 12.1 Å². The van der Waals surface area contributed by atoms with Gasteiger partial charge in [-0.2, -0.15) is 10.5 Å². The highest BCUT2D eigenvalue weighted by Gasteiger charge is 2.24. The molecule has 2 aromatic rings.